The summed E-state index contributed by atoms with van der Waals surface area (Å²) in [6.45, 7) is 0. The van der Waals surface area contributed by atoms with Crippen LogP contribution in [-0.2, 0) is 0 Å². The van der Waals surface area contributed by atoms with Crippen LogP contribution in [-0.4, -0.2) is 29.1 Å². The molecule has 0 unspecified atom stereocenters. The summed E-state index contributed by atoms with van der Waals surface area (Å²) in [6.07, 6.45) is 0. The standard InChI is InChI=1S/C56H36N6/c1-4-19-37(20-5-1)40-25-10-11-26-41(40)47-30-18-31-48(57-47)46-29-14-17-34-51(46)61-49-32-15-12-27-42(49)44-35-36-45-43-28-13-16-33-50(43)62(53(45)52(44)61)56-59-54(38-21-6-2-7-22-38)58-55(60-56)39-23-8-3-9-24-39/h1-36H. The molecule has 0 radical (unpaired) electrons. The van der Waals surface area contributed by atoms with Crippen LogP contribution in [0.25, 0.3) is 112 Å². The zero-order chi connectivity index (χ0) is 41.0. The number of fused-ring (bicyclic) bond motifs is 7. The van der Waals surface area contributed by atoms with E-state index in [2.05, 4.69) is 191 Å². The number of rotatable bonds is 7. The average Bonchev–Trinajstić information content (AvgIpc) is 3.88. The minimum Gasteiger partial charge on any atom is -0.306 e. The molecule has 0 aliphatic carbocycles. The van der Waals surface area contributed by atoms with Crippen LogP contribution in [0.2, 0.25) is 0 Å². The van der Waals surface area contributed by atoms with Crippen LogP contribution in [0.5, 0.6) is 0 Å². The summed E-state index contributed by atoms with van der Waals surface area (Å²) >= 11 is 0. The minimum absolute atomic E-state index is 0.549. The lowest BCUT2D eigenvalue weighted by Crippen LogP contribution is -2.07. The van der Waals surface area contributed by atoms with Gasteiger partial charge in [0.15, 0.2) is 11.6 Å². The number of hydrogen-bond acceptors (Lipinski definition) is 4. The van der Waals surface area contributed by atoms with Crippen molar-refractivity contribution in [3.63, 3.8) is 0 Å². The third-order valence-corrected chi connectivity index (χ3v) is 11.8. The van der Waals surface area contributed by atoms with E-state index in [9.17, 15) is 0 Å². The van der Waals surface area contributed by atoms with Gasteiger partial charge >= 0.3 is 0 Å². The van der Waals surface area contributed by atoms with Crippen molar-refractivity contribution < 1.29 is 0 Å². The summed E-state index contributed by atoms with van der Waals surface area (Å²) < 4.78 is 4.66. The number of nitrogens with zero attached hydrogens (tertiary/aromatic N) is 6. The second kappa shape index (κ2) is 14.7. The summed E-state index contributed by atoms with van der Waals surface area (Å²) in [7, 11) is 0. The highest BCUT2D eigenvalue weighted by Gasteiger charge is 2.24. The lowest BCUT2D eigenvalue weighted by molar-refractivity contribution is 0.953. The predicted octanol–water partition coefficient (Wildman–Crippen LogP) is 13.8. The van der Waals surface area contributed by atoms with Crippen molar-refractivity contribution >= 4 is 43.6 Å². The van der Waals surface area contributed by atoms with Gasteiger partial charge in [0.05, 0.1) is 39.1 Å². The predicted molar refractivity (Wildman–Crippen MR) is 253 cm³/mol. The molecule has 62 heavy (non-hydrogen) atoms. The van der Waals surface area contributed by atoms with Gasteiger partial charge in [-0.3, -0.25) is 4.57 Å². The SMILES string of the molecule is c1ccc(-c2nc(-c3ccccc3)nc(-n3c4ccccc4c4ccc5c6ccccc6n(-c6ccccc6-c6cccc(-c7ccccc7-c7ccccc7)n6)c5c43)n2)cc1. The van der Waals surface area contributed by atoms with Crippen LogP contribution in [0, 0.1) is 0 Å². The second-order valence-corrected chi connectivity index (χ2v) is 15.4. The van der Waals surface area contributed by atoms with E-state index >= 15 is 0 Å². The van der Waals surface area contributed by atoms with Crippen molar-refractivity contribution in [2.45, 2.75) is 0 Å². The van der Waals surface area contributed by atoms with Crippen molar-refractivity contribution in [1.82, 2.24) is 29.1 Å². The van der Waals surface area contributed by atoms with E-state index in [1.54, 1.807) is 0 Å². The molecule has 0 saturated heterocycles. The number of hydrogen-bond donors (Lipinski definition) is 0. The summed E-state index contributed by atoms with van der Waals surface area (Å²) in [6, 6.07) is 76.1. The Kier molecular flexibility index (Phi) is 8.38. The molecule has 290 valence electrons. The van der Waals surface area contributed by atoms with Gasteiger partial charge in [-0.25, -0.2) is 9.97 Å². The Hall–Kier alpha value is -8.48. The average molecular weight is 793 g/mol. The largest absolute Gasteiger partial charge is 0.306 e. The monoisotopic (exact) mass is 792 g/mol. The molecular weight excluding hydrogens is 757 g/mol. The maximum Gasteiger partial charge on any atom is 0.238 e. The third kappa shape index (κ3) is 5.80. The summed E-state index contributed by atoms with van der Waals surface area (Å²) in [5.41, 5.74) is 13.2. The third-order valence-electron chi connectivity index (χ3n) is 11.8. The van der Waals surface area contributed by atoms with Crippen LogP contribution in [0.15, 0.2) is 218 Å². The van der Waals surface area contributed by atoms with Gasteiger partial charge < -0.3 is 4.57 Å². The molecule has 0 fully saturated rings. The van der Waals surface area contributed by atoms with Crippen molar-refractivity contribution in [3.05, 3.63) is 218 Å². The zero-order valence-corrected chi connectivity index (χ0v) is 33.5. The van der Waals surface area contributed by atoms with Gasteiger partial charge in [0.2, 0.25) is 5.95 Å². The lowest BCUT2D eigenvalue weighted by atomic mass is 9.97. The van der Waals surface area contributed by atoms with Gasteiger partial charge in [-0.15, -0.1) is 0 Å². The first-order valence-corrected chi connectivity index (χ1v) is 20.8. The van der Waals surface area contributed by atoms with Crippen LogP contribution >= 0.6 is 0 Å². The van der Waals surface area contributed by atoms with Gasteiger partial charge in [0.25, 0.3) is 0 Å². The smallest absolute Gasteiger partial charge is 0.238 e. The molecule has 6 nitrogen and oxygen atoms in total. The molecule has 0 spiro atoms. The number of benzene rings is 8. The number of aromatic nitrogens is 6. The maximum atomic E-state index is 5.42. The van der Waals surface area contributed by atoms with Crippen LogP contribution in [0.3, 0.4) is 0 Å². The molecule has 0 atom stereocenters. The Balaban J connectivity index is 1.15. The molecule has 6 heteroatoms. The van der Waals surface area contributed by atoms with E-state index in [1.165, 1.54) is 0 Å². The van der Waals surface area contributed by atoms with E-state index in [0.717, 1.165) is 94.1 Å². The minimum atomic E-state index is 0.549. The molecule has 4 aromatic heterocycles. The van der Waals surface area contributed by atoms with E-state index in [1.807, 2.05) is 36.4 Å². The molecule has 4 heterocycles. The molecule has 0 bridgehead atoms. The Morgan fingerprint density at radius 2 is 0.726 bits per heavy atom. The molecule has 0 aliphatic rings. The van der Waals surface area contributed by atoms with Crippen molar-refractivity contribution in [2.75, 3.05) is 0 Å². The van der Waals surface area contributed by atoms with E-state index in [-0.39, 0.29) is 0 Å². The van der Waals surface area contributed by atoms with Gasteiger partial charge in [-0.1, -0.05) is 188 Å². The molecule has 8 aromatic carbocycles. The highest BCUT2D eigenvalue weighted by atomic mass is 15.2. The Morgan fingerprint density at radius 3 is 1.34 bits per heavy atom. The second-order valence-electron chi connectivity index (χ2n) is 15.4. The van der Waals surface area contributed by atoms with Gasteiger partial charge in [0.1, 0.15) is 0 Å². The Morgan fingerprint density at radius 1 is 0.274 bits per heavy atom. The highest BCUT2D eigenvalue weighted by Crippen LogP contribution is 2.43. The maximum absolute atomic E-state index is 5.42. The van der Waals surface area contributed by atoms with E-state index < -0.39 is 0 Å². The first kappa shape index (κ1) is 35.5. The van der Waals surface area contributed by atoms with Crippen molar-refractivity contribution in [1.29, 1.82) is 0 Å². The van der Waals surface area contributed by atoms with Gasteiger partial charge in [-0.2, -0.15) is 9.97 Å². The van der Waals surface area contributed by atoms with Crippen LogP contribution in [0.4, 0.5) is 0 Å². The molecule has 0 amide bonds. The fourth-order valence-corrected chi connectivity index (χ4v) is 9.05. The highest BCUT2D eigenvalue weighted by molar-refractivity contribution is 6.24. The molecular formula is C56H36N6. The van der Waals surface area contributed by atoms with Gasteiger partial charge in [-0.05, 0) is 41.5 Å². The number of para-hydroxylation sites is 3. The van der Waals surface area contributed by atoms with Crippen molar-refractivity contribution in [2.24, 2.45) is 0 Å². The van der Waals surface area contributed by atoms with Crippen molar-refractivity contribution in [3.8, 4) is 68.1 Å². The van der Waals surface area contributed by atoms with Crippen LogP contribution < -0.4 is 0 Å². The van der Waals surface area contributed by atoms with E-state index in [0.29, 0.717) is 17.6 Å². The summed E-state index contributed by atoms with van der Waals surface area (Å²) in [4.78, 5) is 21.1. The summed E-state index contributed by atoms with van der Waals surface area (Å²) in [5.74, 6) is 1.77. The molecule has 0 N–H and O–H groups in total. The normalized spacial score (nSPS) is 11.5. The first-order valence-electron chi connectivity index (χ1n) is 20.8. The Labute approximate surface area is 357 Å². The molecule has 12 aromatic rings. The van der Waals surface area contributed by atoms with E-state index in [4.69, 9.17) is 19.9 Å². The van der Waals surface area contributed by atoms with Crippen LogP contribution in [0.1, 0.15) is 0 Å². The Bertz CT molecular complexity index is 3570. The quantitative estimate of drug-likeness (QED) is 0.161. The number of pyridine rings is 1. The van der Waals surface area contributed by atoms with Gasteiger partial charge in [0, 0.05) is 43.8 Å². The molecule has 0 saturated carbocycles. The first-order chi connectivity index (χ1) is 30.8. The summed E-state index contributed by atoms with van der Waals surface area (Å²) in [5, 5.41) is 4.50. The topological polar surface area (TPSA) is 61.4 Å². The fraction of sp³-hybridized carbons (Fsp3) is 0. The molecule has 0 aliphatic heterocycles. The molecule has 12 rings (SSSR count). The zero-order valence-electron chi connectivity index (χ0n) is 33.5. The lowest BCUT2D eigenvalue weighted by Gasteiger charge is -2.16. The fourth-order valence-electron chi connectivity index (χ4n) is 9.05.